The SMILES string of the molecule is CC(N)CC(=O)Nc1ccc(F)c(F)c1F. The van der Waals surface area contributed by atoms with Crippen LogP contribution in [0.4, 0.5) is 18.9 Å². The normalized spacial score (nSPS) is 12.3. The van der Waals surface area contributed by atoms with Gasteiger partial charge in [-0.15, -0.1) is 0 Å². The molecular weight excluding hydrogens is 221 g/mol. The maximum atomic E-state index is 13.1. The first-order valence-electron chi connectivity index (χ1n) is 4.60. The van der Waals surface area contributed by atoms with Gasteiger partial charge >= 0.3 is 0 Å². The maximum absolute atomic E-state index is 13.1. The molecule has 0 fully saturated rings. The smallest absolute Gasteiger partial charge is 0.226 e. The molecule has 88 valence electrons. The first-order valence-corrected chi connectivity index (χ1v) is 4.60. The molecule has 0 heterocycles. The Morgan fingerprint density at radius 2 is 2.00 bits per heavy atom. The van der Waals surface area contributed by atoms with Crippen LogP contribution in [0.3, 0.4) is 0 Å². The molecule has 1 rings (SSSR count). The lowest BCUT2D eigenvalue weighted by Gasteiger charge is -2.08. The summed E-state index contributed by atoms with van der Waals surface area (Å²) >= 11 is 0. The van der Waals surface area contributed by atoms with Crippen LogP contribution in [0, 0.1) is 17.5 Å². The zero-order valence-electron chi connectivity index (χ0n) is 8.56. The number of carbonyl (C=O) groups excluding carboxylic acids is 1. The minimum absolute atomic E-state index is 0.0293. The average Bonchev–Trinajstić information content (AvgIpc) is 2.18. The van der Waals surface area contributed by atoms with E-state index in [9.17, 15) is 18.0 Å². The van der Waals surface area contributed by atoms with Crippen LogP contribution < -0.4 is 11.1 Å². The Kier molecular flexibility index (Phi) is 3.89. The first kappa shape index (κ1) is 12.5. The molecule has 1 atom stereocenters. The summed E-state index contributed by atoms with van der Waals surface area (Å²) < 4.78 is 38.4. The van der Waals surface area contributed by atoms with Crippen molar-refractivity contribution in [3.8, 4) is 0 Å². The van der Waals surface area contributed by atoms with Crippen LogP contribution in [-0.2, 0) is 4.79 Å². The maximum Gasteiger partial charge on any atom is 0.226 e. The molecule has 0 saturated carbocycles. The van der Waals surface area contributed by atoms with Crippen molar-refractivity contribution >= 4 is 11.6 Å². The summed E-state index contributed by atoms with van der Waals surface area (Å²) in [5.41, 5.74) is 4.95. The lowest BCUT2D eigenvalue weighted by Crippen LogP contribution is -2.24. The van der Waals surface area contributed by atoms with Gasteiger partial charge in [0.25, 0.3) is 0 Å². The number of hydrogen-bond donors (Lipinski definition) is 2. The molecule has 0 bridgehead atoms. The van der Waals surface area contributed by atoms with Gasteiger partial charge in [0.2, 0.25) is 5.91 Å². The van der Waals surface area contributed by atoms with E-state index in [0.717, 1.165) is 12.1 Å². The van der Waals surface area contributed by atoms with E-state index in [1.165, 1.54) is 0 Å². The third-order valence-electron chi connectivity index (χ3n) is 1.82. The summed E-state index contributed by atoms with van der Waals surface area (Å²) in [6, 6.07) is 1.29. The van der Waals surface area contributed by atoms with E-state index in [2.05, 4.69) is 5.32 Å². The fourth-order valence-electron chi connectivity index (χ4n) is 1.12. The summed E-state index contributed by atoms with van der Waals surface area (Å²) in [5, 5.41) is 2.11. The van der Waals surface area contributed by atoms with Gasteiger partial charge in [0.1, 0.15) is 0 Å². The molecular formula is C10H11F3N2O. The fraction of sp³-hybridized carbons (Fsp3) is 0.300. The van der Waals surface area contributed by atoms with Crippen LogP contribution >= 0.6 is 0 Å². The highest BCUT2D eigenvalue weighted by molar-refractivity contribution is 5.91. The van der Waals surface area contributed by atoms with E-state index < -0.39 is 35.1 Å². The molecule has 0 radical (unpaired) electrons. The van der Waals surface area contributed by atoms with Gasteiger partial charge in [-0.1, -0.05) is 0 Å². The van der Waals surface area contributed by atoms with Crippen molar-refractivity contribution in [3.63, 3.8) is 0 Å². The van der Waals surface area contributed by atoms with E-state index in [1.54, 1.807) is 6.92 Å². The third-order valence-corrected chi connectivity index (χ3v) is 1.82. The molecule has 0 spiro atoms. The van der Waals surface area contributed by atoms with Crippen LogP contribution in [0.15, 0.2) is 12.1 Å². The van der Waals surface area contributed by atoms with Crippen LogP contribution in [0.2, 0.25) is 0 Å². The first-order chi connectivity index (χ1) is 7.41. The minimum atomic E-state index is -1.61. The number of nitrogens with one attached hydrogen (secondary N) is 1. The van der Waals surface area contributed by atoms with E-state index in [4.69, 9.17) is 5.73 Å². The minimum Gasteiger partial charge on any atom is -0.327 e. The predicted octanol–water partition coefficient (Wildman–Crippen LogP) is 1.78. The van der Waals surface area contributed by atoms with Crippen LogP contribution in [0.5, 0.6) is 0 Å². The Balaban J connectivity index is 2.82. The van der Waals surface area contributed by atoms with E-state index in [0.29, 0.717) is 0 Å². The van der Waals surface area contributed by atoms with Gasteiger partial charge in [-0.2, -0.15) is 0 Å². The number of benzene rings is 1. The molecule has 0 aliphatic carbocycles. The molecule has 0 aromatic heterocycles. The molecule has 0 aliphatic rings. The number of nitrogens with two attached hydrogens (primary N) is 1. The van der Waals surface area contributed by atoms with E-state index >= 15 is 0 Å². The number of carbonyl (C=O) groups is 1. The Morgan fingerprint density at radius 1 is 1.38 bits per heavy atom. The van der Waals surface area contributed by atoms with Crippen molar-refractivity contribution in [3.05, 3.63) is 29.6 Å². The van der Waals surface area contributed by atoms with Crippen LogP contribution in [0.25, 0.3) is 0 Å². The molecule has 1 unspecified atom stereocenters. The molecule has 0 aliphatic heterocycles. The quantitative estimate of drug-likeness (QED) is 0.780. The Bertz CT molecular complexity index is 407. The van der Waals surface area contributed by atoms with E-state index in [-0.39, 0.29) is 6.42 Å². The van der Waals surface area contributed by atoms with Crippen molar-refractivity contribution in [1.82, 2.24) is 0 Å². The number of halogens is 3. The van der Waals surface area contributed by atoms with Gasteiger partial charge in [0.05, 0.1) is 5.69 Å². The van der Waals surface area contributed by atoms with Gasteiger partial charge < -0.3 is 11.1 Å². The largest absolute Gasteiger partial charge is 0.327 e. The van der Waals surface area contributed by atoms with Gasteiger partial charge in [-0.25, -0.2) is 13.2 Å². The second-order valence-electron chi connectivity index (χ2n) is 3.45. The van der Waals surface area contributed by atoms with Crippen LogP contribution in [0.1, 0.15) is 13.3 Å². The molecule has 1 amide bonds. The topological polar surface area (TPSA) is 55.1 Å². The molecule has 1 aromatic rings. The Morgan fingerprint density at radius 3 is 2.56 bits per heavy atom. The summed E-state index contributed by atoms with van der Waals surface area (Å²) in [7, 11) is 0. The highest BCUT2D eigenvalue weighted by Crippen LogP contribution is 2.19. The lowest BCUT2D eigenvalue weighted by molar-refractivity contribution is -0.116. The lowest BCUT2D eigenvalue weighted by atomic mass is 10.2. The molecule has 6 heteroatoms. The highest BCUT2D eigenvalue weighted by Gasteiger charge is 2.15. The number of anilines is 1. The average molecular weight is 232 g/mol. The Labute approximate surface area is 90.4 Å². The summed E-state index contributed by atoms with van der Waals surface area (Å²) in [5.74, 6) is -4.89. The van der Waals surface area contributed by atoms with Gasteiger partial charge in [-0.3, -0.25) is 4.79 Å². The fourth-order valence-corrected chi connectivity index (χ4v) is 1.12. The van der Waals surface area contributed by atoms with E-state index in [1.807, 2.05) is 0 Å². The molecule has 3 N–H and O–H groups in total. The highest BCUT2D eigenvalue weighted by atomic mass is 19.2. The van der Waals surface area contributed by atoms with Crippen molar-refractivity contribution in [2.75, 3.05) is 5.32 Å². The summed E-state index contributed by atoms with van der Waals surface area (Å²) in [6.07, 6.45) is -0.0293. The van der Waals surface area contributed by atoms with Crippen molar-refractivity contribution in [1.29, 1.82) is 0 Å². The van der Waals surface area contributed by atoms with Gasteiger partial charge in [0.15, 0.2) is 17.5 Å². The van der Waals surface area contributed by atoms with Gasteiger partial charge in [0, 0.05) is 12.5 Å². The predicted molar refractivity (Wildman–Crippen MR) is 53.2 cm³/mol. The van der Waals surface area contributed by atoms with Crippen molar-refractivity contribution < 1.29 is 18.0 Å². The molecule has 0 saturated heterocycles. The third kappa shape index (κ3) is 2.96. The summed E-state index contributed by atoms with van der Waals surface area (Å²) in [4.78, 5) is 11.2. The zero-order chi connectivity index (χ0) is 12.3. The molecule has 1 aromatic carbocycles. The second-order valence-corrected chi connectivity index (χ2v) is 3.45. The number of rotatable bonds is 3. The number of hydrogen-bond acceptors (Lipinski definition) is 2. The Hall–Kier alpha value is -1.56. The second kappa shape index (κ2) is 4.98. The summed E-state index contributed by atoms with van der Waals surface area (Å²) in [6.45, 7) is 1.60. The monoisotopic (exact) mass is 232 g/mol. The van der Waals surface area contributed by atoms with Crippen molar-refractivity contribution in [2.24, 2.45) is 5.73 Å². The van der Waals surface area contributed by atoms with Crippen molar-refractivity contribution in [2.45, 2.75) is 19.4 Å². The molecule has 16 heavy (non-hydrogen) atoms. The number of amides is 1. The van der Waals surface area contributed by atoms with Crippen LogP contribution in [-0.4, -0.2) is 11.9 Å². The zero-order valence-corrected chi connectivity index (χ0v) is 8.56. The molecule has 3 nitrogen and oxygen atoms in total. The standard InChI is InChI=1S/C10H11F3N2O/c1-5(14)4-8(16)15-7-3-2-6(11)9(12)10(7)13/h2-3,5H,4,14H2,1H3,(H,15,16). The van der Waals surface area contributed by atoms with Gasteiger partial charge in [-0.05, 0) is 19.1 Å².